The van der Waals surface area contributed by atoms with E-state index in [2.05, 4.69) is 20.9 Å². The lowest BCUT2D eigenvalue weighted by Gasteiger charge is -2.35. The van der Waals surface area contributed by atoms with E-state index in [4.69, 9.17) is 10.00 Å². The second-order valence-electron chi connectivity index (χ2n) is 4.87. The number of ether oxygens (including phenoxy) is 1. The second kappa shape index (κ2) is 7.80. The number of nitriles is 1. The molecule has 0 aromatic heterocycles. The Hall–Kier alpha value is -2.07. The minimum atomic E-state index is -0.0301. The van der Waals surface area contributed by atoms with Crippen molar-refractivity contribution >= 4 is 27.7 Å². The third-order valence-corrected chi connectivity index (χ3v) is 4.01. The highest BCUT2D eigenvalue weighted by molar-refractivity contribution is 9.10. The molecule has 0 aliphatic carbocycles. The molecule has 2 rings (SSSR count). The van der Waals surface area contributed by atoms with Crippen molar-refractivity contribution in [2.24, 2.45) is 4.99 Å². The van der Waals surface area contributed by atoms with Gasteiger partial charge in [-0.15, -0.1) is 0 Å². The van der Waals surface area contributed by atoms with Crippen molar-refractivity contribution in [2.45, 2.75) is 6.92 Å². The van der Waals surface area contributed by atoms with Crippen LogP contribution in [0.5, 0.6) is 5.75 Å². The zero-order valence-corrected chi connectivity index (χ0v) is 13.9. The van der Waals surface area contributed by atoms with E-state index >= 15 is 0 Å². The number of carbonyl (C=O) groups is 1. The van der Waals surface area contributed by atoms with Crippen molar-refractivity contribution in [1.29, 1.82) is 5.26 Å². The van der Waals surface area contributed by atoms with Crippen molar-refractivity contribution in [1.82, 2.24) is 9.80 Å². The molecule has 0 spiro atoms. The van der Waals surface area contributed by atoms with Crippen molar-refractivity contribution in [2.75, 3.05) is 32.8 Å². The van der Waals surface area contributed by atoms with Gasteiger partial charge in [-0.3, -0.25) is 4.79 Å². The number of piperazine rings is 1. The molecule has 1 aliphatic heterocycles. The monoisotopic (exact) mass is 364 g/mol. The quantitative estimate of drug-likeness (QED) is 0.466. The van der Waals surface area contributed by atoms with Gasteiger partial charge in [0.15, 0.2) is 6.61 Å². The fraction of sp³-hybridized carbons (Fsp3) is 0.400. The summed E-state index contributed by atoms with van der Waals surface area (Å²) in [6.07, 6.45) is 1.78. The van der Waals surface area contributed by atoms with Gasteiger partial charge < -0.3 is 14.5 Å². The van der Waals surface area contributed by atoms with E-state index < -0.39 is 0 Å². The minimum absolute atomic E-state index is 0.0301. The number of amides is 1. The predicted molar refractivity (Wildman–Crippen MR) is 86.5 cm³/mol. The van der Waals surface area contributed by atoms with Crippen LogP contribution in [-0.2, 0) is 4.79 Å². The molecule has 0 bridgehead atoms. The highest BCUT2D eigenvalue weighted by atomic mass is 79.9. The molecule has 0 N–H and O–H groups in total. The molecule has 0 unspecified atom stereocenters. The van der Waals surface area contributed by atoms with Gasteiger partial charge in [0, 0.05) is 30.7 Å². The SMILES string of the molecule is CC(=NC#N)N1CCN(C(=O)COc2ccc(Br)cc2)CC1. The fourth-order valence-electron chi connectivity index (χ4n) is 2.19. The molecule has 1 heterocycles. The van der Waals surface area contributed by atoms with Gasteiger partial charge in [0.25, 0.3) is 5.91 Å². The molecule has 6 nitrogen and oxygen atoms in total. The van der Waals surface area contributed by atoms with Crippen LogP contribution in [0.25, 0.3) is 0 Å². The lowest BCUT2D eigenvalue weighted by atomic mass is 10.3. The van der Waals surface area contributed by atoms with Crippen molar-refractivity contribution < 1.29 is 9.53 Å². The molecule has 0 atom stereocenters. The maximum absolute atomic E-state index is 12.1. The summed E-state index contributed by atoms with van der Waals surface area (Å²) in [6.45, 7) is 4.42. The van der Waals surface area contributed by atoms with Gasteiger partial charge in [-0.05, 0) is 31.2 Å². The first-order valence-corrected chi connectivity index (χ1v) is 7.74. The number of benzene rings is 1. The van der Waals surface area contributed by atoms with E-state index in [-0.39, 0.29) is 12.5 Å². The van der Waals surface area contributed by atoms with Crippen LogP contribution in [0.3, 0.4) is 0 Å². The standard InChI is InChI=1S/C15H17BrN4O2/c1-12(18-11-17)19-6-8-20(9-7-19)15(21)10-22-14-4-2-13(16)3-5-14/h2-5H,6-10H2,1H3. The lowest BCUT2D eigenvalue weighted by Crippen LogP contribution is -2.51. The highest BCUT2D eigenvalue weighted by Crippen LogP contribution is 2.16. The van der Waals surface area contributed by atoms with Crippen LogP contribution in [-0.4, -0.2) is 54.3 Å². The third-order valence-electron chi connectivity index (χ3n) is 3.48. The van der Waals surface area contributed by atoms with E-state index in [0.717, 1.165) is 4.47 Å². The summed E-state index contributed by atoms with van der Waals surface area (Å²) in [5, 5.41) is 8.55. The number of halogens is 1. The Labute approximate surface area is 138 Å². The molecule has 1 fully saturated rings. The third kappa shape index (κ3) is 4.46. The highest BCUT2D eigenvalue weighted by Gasteiger charge is 2.21. The van der Waals surface area contributed by atoms with Crippen LogP contribution in [0, 0.1) is 11.5 Å². The summed E-state index contributed by atoms with van der Waals surface area (Å²) < 4.78 is 6.47. The lowest BCUT2D eigenvalue weighted by molar-refractivity contribution is -0.134. The molecule has 0 radical (unpaired) electrons. The molecule has 0 saturated carbocycles. The predicted octanol–water partition coefficient (Wildman–Crippen LogP) is 1.87. The maximum Gasteiger partial charge on any atom is 0.260 e. The first kappa shape index (κ1) is 16.3. The zero-order valence-electron chi connectivity index (χ0n) is 12.3. The molecular weight excluding hydrogens is 348 g/mol. The topological polar surface area (TPSA) is 68.9 Å². The molecular formula is C15H17BrN4O2. The summed E-state index contributed by atoms with van der Waals surface area (Å²) in [6, 6.07) is 7.37. The maximum atomic E-state index is 12.1. The van der Waals surface area contributed by atoms with Gasteiger partial charge in [0.2, 0.25) is 6.19 Å². The number of rotatable bonds is 3. The Kier molecular flexibility index (Phi) is 5.78. The van der Waals surface area contributed by atoms with Crippen LogP contribution in [0.15, 0.2) is 33.7 Å². The average Bonchev–Trinajstić information content (AvgIpc) is 2.54. The Balaban J connectivity index is 1.79. The van der Waals surface area contributed by atoms with Crippen molar-refractivity contribution in [3.05, 3.63) is 28.7 Å². The Morgan fingerprint density at radius 3 is 2.45 bits per heavy atom. The molecule has 7 heteroatoms. The second-order valence-corrected chi connectivity index (χ2v) is 5.79. The van der Waals surface area contributed by atoms with Crippen LogP contribution in [0.2, 0.25) is 0 Å². The number of nitrogens with zero attached hydrogens (tertiary/aromatic N) is 4. The first-order chi connectivity index (χ1) is 10.6. The fourth-order valence-corrected chi connectivity index (χ4v) is 2.45. The van der Waals surface area contributed by atoms with E-state index in [1.54, 1.807) is 18.0 Å². The van der Waals surface area contributed by atoms with Gasteiger partial charge >= 0.3 is 0 Å². The van der Waals surface area contributed by atoms with E-state index in [1.165, 1.54) is 0 Å². The Morgan fingerprint density at radius 2 is 1.86 bits per heavy atom. The Morgan fingerprint density at radius 1 is 1.27 bits per heavy atom. The first-order valence-electron chi connectivity index (χ1n) is 6.94. The minimum Gasteiger partial charge on any atom is -0.484 e. The summed E-state index contributed by atoms with van der Waals surface area (Å²) in [4.78, 5) is 19.6. The molecule has 1 amide bonds. The molecule has 22 heavy (non-hydrogen) atoms. The van der Waals surface area contributed by atoms with Gasteiger partial charge in [0.05, 0.1) is 0 Å². The van der Waals surface area contributed by atoms with Gasteiger partial charge in [-0.2, -0.15) is 10.3 Å². The molecule has 116 valence electrons. The van der Waals surface area contributed by atoms with Crippen LogP contribution >= 0.6 is 15.9 Å². The summed E-state index contributed by atoms with van der Waals surface area (Å²) in [5.74, 6) is 1.34. The Bertz CT molecular complexity index is 587. The van der Waals surface area contributed by atoms with E-state index in [1.807, 2.05) is 29.2 Å². The van der Waals surface area contributed by atoms with Crippen molar-refractivity contribution in [3.63, 3.8) is 0 Å². The summed E-state index contributed by atoms with van der Waals surface area (Å²) >= 11 is 3.35. The number of carbonyl (C=O) groups excluding carboxylic acids is 1. The number of hydrogen-bond donors (Lipinski definition) is 0. The average molecular weight is 365 g/mol. The van der Waals surface area contributed by atoms with Gasteiger partial charge in [-0.1, -0.05) is 15.9 Å². The van der Waals surface area contributed by atoms with Gasteiger partial charge in [-0.25, -0.2) is 0 Å². The molecule has 1 aromatic rings. The smallest absolute Gasteiger partial charge is 0.260 e. The van der Waals surface area contributed by atoms with Crippen LogP contribution in [0.1, 0.15) is 6.92 Å². The summed E-state index contributed by atoms with van der Waals surface area (Å²) in [5.41, 5.74) is 0. The molecule has 1 aromatic carbocycles. The normalized spacial score (nSPS) is 15.4. The van der Waals surface area contributed by atoms with Crippen LogP contribution in [0.4, 0.5) is 0 Å². The number of hydrogen-bond acceptors (Lipinski definition) is 4. The van der Waals surface area contributed by atoms with E-state index in [0.29, 0.717) is 37.8 Å². The van der Waals surface area contributed by atoms with Gasteiger partial charge in [0.1, 0.15) is 11.6 Å². The van der Waals surface area contributed by atoms with Crippen LogP contribution < -0.4 is 4.74 Å². The number of amidine groups is 1. The molecule has 1 saturated heterocycles. The van der Waals surface area contributed by atoms with E-state index in [9.17, 15) is 4.79 Å². The summed E-state index contributed by atoms with van der Waals surface area (Å²) in [7, 11) is 0. The largest absolute Gasteiger partial charge is 0.484 e. The molecule has 1 aliphatic rings. The van der Waals surface area contributed by atoms with Crippen molar-refractivity contribution in [3.8, 4) is 11.9 Å². The zero-order chi connectivity index (χ0) is 15.9. The number of aliphatic imine (C=N–C) groups is 1.